The number of nitrogens with zero attached hydrogens (tertiary/aromatic N) is 1. The molecule has 0 heterocycles. The lowest BCUT2D eigenvalue weighted by Crippen LogP contribution is -2.26. The summed E-state index contributed by atoms with van der Waals surface area (Å²) in [5, 5.41) is 6.54. The van der Waals surface area contributed by atoms with Crippen LogP contribution in [0.5, 0.6) is 5.75 Å². The Morgan fingerprint density at radius 3 is 2.39 bits per heavy atom. The van der Waals surface area contributed by atoms with Gasteiger partial charge in [0.25, 0.3) is 5.91 Å². The zero-order chi connectivity index (χ0) is 20.1. The third kappa shape index (κ3) is 4.77. The first-order chi connectivity index (χ1) is 13.3. The number of ether oxygens (including phenoxy) is 1. The van der Waals surface area contributed by atoms with Crippen LogP contribution in [0.25, 0.3) is 10.8 Å². The van der Waals surface area contributed by atoms with Crippen LogP contribution in [-0.4, -0.2) is 18.2 Å². The van der Waals surface area contributed by atoms with E-state index in [-0.39, 0.29) is 17.9 Å². The van der Waals surface area contributed by atoms with Gasteiger partial charge in [-0.3, -0.25) is 4.79 Å². The molecule has 0 atom stereocenters. The van der Waals surface area contributed by atoms with Crippen LogP contribution in [0.2, 0.25) is 0 Å². The Balaban J connectivity index is 1.63. The van der Waals surface area contributed by atoms with Crippen molar-refractivity contribution in [1.29, 1.82) is 0 Å². The Morgan fingerprint density at radius 1 is 0.964 bits per heavy atom. The van der Waals surface area contributed by atoms with Crippen molar-refractivity contribution in [2.75, 3.05) is 6.61 Å². The highest BCUT2D eigenvalue weighted by molar-refractivity contribution is 6.02. The van der Waals surface area contributed by atoms with Crippen LogP contribution in [0.1, 0.15) is 38.8 Å². The van der Waals surface area contributed by atoms with Gasteiger partial charge in [0.1, 0.15) is 5.75 Å². The standard InChI is InChI=1S/C24H26N2O2/c1-17(19-14-13-18-9-5-6-10-20(18)15-19)25-26-23(27)16-28-22-12-8-7-11-21(22)24(2,3)4/h5-15H,16H2,1-4H3,(H,26,27)/b25-17+. The van der Waals surface area contributed by atoms with Crippen LogP contribution in [0, 0.1) is 0 Å². The summed E-state index contributed by atoms with van der Waals surface area (Å²) in [5.41, 5.74) is 5.31. The molecule has 0 bridgehead atoms. The van der Waals surface area contributed by atoms with E-state index < -0.39 is 0 Å². The van der Waals surface area contributed by atoms with Crippen LogP contribution < -0.4 is 10.2 Å². The molecule has 0 aromatic heterocycles. The highest BCUT2D eigenvalue weighted by atomic mass is 16.5. The van der Waals surface area contributed by atoms with E-state index in [0.717, 1.165) is 28.0 Å². The first-order valence-electron chi connectivity index (χ1n) is 9.39. The molecule has 1 amide bonds. The monoisotopic (exact) mass is 374 g/mol. The van der Waals surface area contributed by atoms with Crippen LogP contribution in [0.15, 0.2) is 71.8 Å². The lowest BCUT2D eigenvalue weighted by atomic mass is 9.86. The molecule has 0 saturated heterocycles. The minimum atomic E-state index is -0.288. The molecule has 1 N–H and O–H groups in total. The Hall–Kier alpha value is -3.14. The van der Waals surface area contributed by atoms with Gasteiger partial charge in [-0.15, -0.1) is 0 Å². The molecule has 0 spiro atoms. The van der Waals surface area contributed by atoms with Gasteiger partial charge in [-0.2, -0.15) is 5.10 Å². The third-order valence-corrected chi connectivity index (χ3v) is 4.57. The van der Waals surface area contributed by atoms with Crippen molar-refractivity contribution in [3.63, 3.8) is 0 Å². The minimum absolute atomic E-state index is 0.0576. The number of hydrogen-bond donors (Lipinski definition) is 1. The summed E-state index contributed by atoms with van der Waals surface area (Å²) >= 11 is 0. The quantitative estimate of drug-likeness (QED) is 0.501. The van der Waals surface area contributed by atoms with E-state index in [0.29, 0.717) is 0 Å². The number of carbonyl (C=O) groups is 1. The largest absolute Gasteiger partial charge is 0.483 e. The first-order valence-corrected chi connectivity index (χ1v) is 9.39. The van der Waals surface area contributed by atoms with Crippen molar-refractivity contribution in [1.82, 2.24) is 5.43 Å². The molecule has 3 rings (SSSR count). The molecule has 28 heavy (non-hydrogen) atoms. The number of fused-ring (bicyclic) bond motifs is 1. The summed E-state index contributed by atoms with van der Waals surface area (Å²) in [6, 6.07) is 22.1. The number of para-hydroxylation sites is 1. The van der Waals surface area contributed by atoms with Crippen molar-refractivity contribution in [3.8, 4) is 5.75 Å². The molecular weight excluding hydrogens is 348 g/mol. The van der Waals surface area contributed by atoms with Crippen molar-refractivity contribution < 1.29 is 9.53 Å². The fourth-order valence-corrected chi connectivity index (χ4v) is 3.01. The summed E-state index contributed by atoms with van der Waals surface area (Å²) in [6.07, 6.45) is 0. The predicted molar refractivity (Wildman–Crippen MR) is 115 cm³/mol. The average Bonchev–Trinajstić information content (AvgIpc) is 2.69. The van der Waals surface area contributed by atoms with Crippen molar-refractivity contribution >= 4 is 22.4 Å². The molecule has 0 fully saturated rings. The van der Waals surface area contributed by atoms with E-state index in [1.165, 1.54) is 5.39 Å². The summed E-state index contributed by atoms with van der Waals surface area (Å²) in [7, 11) is 0. The molecule has 144 valence electrons. The van der Waals surface area contributed by atoms with Gasteiger partial charge in [0.2, 0.25) is 0 Å². The Kier molecular flexibility index (Phi) is 5.78. The Bertz CT molecular complexity index is 1020. The van der Waals surface area contributed by atoms with Gasteiger partial charge in [-0.05, 0) is 46.4 Å². The Morgan fingerprint density at radius 2 is 1.64 bits per heavy atom. The van der Waals surface area contributed by atoms with E-state index in [1.54, 1.807) is 0 Å². The molecule has 0 unspecified atom stereocenters. The molecule has 0 aliphatic heterocycles. The predicted octanol–water partition coefficient (Wildman–Crippen LogP) is 5.06. The molecule has 0 aliphatic carbocycles. The molecule has 0 aliphatic rings. The highest BCUT2D eigenvalue weighted by Gasteiger charge is 2.18. The maximum absolute atomic E-state index is 12.2. The lowest BCUT2D eigenvalue weighted by molar-refractivity contribution is -0.123. The third-order valence-electron chi connectivity index (χ3n) is 4.57. The topological polar surface area (TPSA) is 50.7 Å². The van der Waals surface area contributed by atoms with Gasteiger partial charge in [0.05, 0.1) is 5.71 Å². The zero-order valence-corrected chi connectivity index (χ0v) is 16.8. The molecule has 3 aromatic carbocycles. The average molecular weight is 374 g/mol. The number of amides is 1. The number of hydrazone groups is 1. The molecule has 4 heteroatoms. The second kappa shape index (κ2) is 8.26. The van der Waals surface area contributed by atoms with Crippen LogP contribution in [0.3, 0.4) is 0 Å². The van der Waals surface area contributed by atoms with Crippen molar-refractivity contribution in [2.45, 2.75) is 33.1 Å². The molecule has 0 saturated carbocycles. The number of carbonyl (C=O) groups excluding carboxylic acids is 1. The van der Waals surface area contributed by atoms with Gasteiger partial charge in [-0.25, -0.2) is 5.43 Å². The smallest absolute Gasteiger partial charge is 0.277 e. The molecular formula is C24H26N2O2. The number of benzene rings is 3. The van der Waals surface area contributed by atoms with Crippen molar-refractivity contribution in [3.05, 3.63) is 77.9 Å². The van der Waals surface area contributed by atoms with Crippen molar-refractivity contribution in [2.24, 2.45) is 5.10 Å². The number of hydrogen-bond acceptors (Lipinski definition) is 3. The summed E-state index contributed by atoms with van der Waals surface area (Å²) in [5.74, 6) is 0.434. The van der Waals surface area contributed by atoms with E-state index in [9.17, 15) is 4.79 Å². The van der Waals surface area contributed by atoms with Gasteiger partial charge < -0.3 is 4.74 Å². The van der Waals surface area contributed by atoms with Crippen LogP contribution in [0.4, 0.5) is 0 Å². The van der Waals surface area contributed by atoms with E-state index in [4.69, 9.17) is 4.74 Å². The maximum atomic E-state index is 12.2. The summed E-state index contributed by atoms with van der Waals surface area (Å²) < 4.78 is 5.74. The molecule has 3 aromatic rings. The second-order valence-corrected chi connectivity index (χ2v) is 7.83. The van der Waals surface area contributed by atoms with Crippen LogP contribution in [-0.2, 0) is 10.2 Å². The van der Waals surface area contributed by atoms with Gasteiger partial charge in [0, 0.05) is 0 Å². The second-order valence-electron chi connectivity index (χ2n) is 7.83. The molecule has 0 radical (unpaired) electrons. The first kappa shape index (κ1) is 19.6. The summed E-state index contributed by atoms with van der Waals surface area (Å²) in [6.45, 7) is 8.15. The Labute approximate surface area is 166 Å². The number of nitrogens with one attached hydrogen (secondary N) is 1. The fraction of sp³-hybridized carbons (Fsp3) is 0.250. The zero-order valence-electron chi connectivity index (χ0n) is 16.8. The summed E-state index contributed by atoms with van der Waals surface area (Å²) in [4.78, 5) is 12.2. The maximum Gasteiger partial charge on any atom is 0.277 e. The highest BCUT2D eigenvalue weighted by Crippen LogP contribution is 2.30. The van der Waals surface area contributed by atoms with E-state index in [2.05, 4.69) is 55.6 Å². The number of rotatable bonds is 5. The lowest BCUT2D eigenvalue weighted by Gasteiger charge is -2.22. The SMILES string of the molecule is C/C(=N\NC(=O)COc1ccccc1C(C)(C)C)c1ccc2ccccc2c1. The van der Waals surface area contributed by atoms with E-state index >= 15 is 0 Å². The van der Waals surface area contributed by atoms with E-state index in [1.807, 2.05) is 49.4 Å². The normalized spacial score (nSPS) is 12.1. The van der Waals surface area contributed by atoms with Gasteiger partial charge >= 0.3 is 0 Å². The van der Waals surface area contributed by atoms with Gasteiger partial charge in [0.15, 0.2) is 6.61 Å². The van der Waals surface area contributed by atoms with Crippen LogP contribution >= 0.6 is 0 Å². The minimum Gasteiger partial charge on any atom is -0.483 e. The van der Waals surface area contributed by atoms with Gasteiger partial charge in [-0.1, -0.05) is 75.4 Å². The molecule has 4 nitrogen and oxygen atoms in total. The fourth-order valence-electron chi connectivity index (χ4n) is 3.01.